The fourth-order valence-electron chi connectivity index (χ4n) is 3.29. The summed E-state index contributed by atoms with van der Waals surface area (Å²) in [6.45, 7) is 6.62. The third kappa shape index (κ3) is 4.12. The average Bonchev–Trinajstić information content (AvgIpc) is 3.09. The molecule has 1 aliphatic heterocycles. The maximum atomic E-state index is 13.1. The highest BCUT2D eigenvalue weighted by molar-refractivity contribution is 7.89. The number of amides is 1. The van der Waals surface area contributed by atoms with E-state index in [1.165, 1.54) is 16.6 Å². The molecule has 0 bridgehead atoms. The molecule has 144 valence electrons. The summed E-state index contributed by atoms with van der Waals surface area (Å²) in [7, 11) is -3.59. The second-order valence-electron chi connectivity index (χ2n) is 6.64. The number of carbonyl (C=O) groups is 1. The third-order valence-electron chi connectivity index (χ3n) is 4.91. The van der Waals surface area contributed by atoms with Crippen molar-refractivity contribution in [1.29, 1.82) is 0 Å². The maximum absolute atomic E-state index is 13.1. The number of nitrogens with one attached hydrogen (secondary N) is 1. The first-order valence-electron chi connectivity index (χ1n) is 8.94. The van der Waals surface area contributed by atoms with Crippen LogP contribution in [0.3, 0.4) is 0 Å². The maximum Gasteiger partial charge on any atom is 0.246 e. The summed E-state index contributed by atoms with van der Waals surface area (Å²) in [5.41, 5.74) is 1.43. The monoisotopic (exact) mass is 388 g/mol. The highest BCUT2D eigenvalue weighted by atomic mass is 32.2. The summed E-state index contributed by atoms with van der Waals surface area (Å²) in [6.07, 6.45) is 4.09. The van der Waals surface area contributed by atoms with Gasteiger partial charge in [0.25, 0.3) is 0 Å². The number of carbonyl (C=O) groups excluding carboxylic acids is 1. The number of aromatic nitrogens is 2. The summed E-state index contributed by atoms with van der Waals surface area (Å²) in [5.74, 6) is 0.0718. The van der Waals surface area contributed by atoms with Gasteiger partial charge in [0.1, 0.15) is 4.90 Å². The molecular formula is C19H24N4O3S. The van der Waals surface area contributed by atoms with Crippen molar-refractivity contribution in [1.82, 2.24) is 19.4 Å². The van der Waals surface area contributed by atoms with E-state index in [-0.39, 0.29) is 16.7 Å². The van der Waals surface area contributed by atoms with Gasteiger partial charge in [0.15, 0.2) is 0 Å². The molecule has 0 spiro atoms. The van der Waals surface area contributed by atoms with Gasteiger partial charge in [-0.25, -0.2) is 13.1 Å². The summed E-state index contributed by atoms with van der Waals surface area (Å²) in [4.78, 5) is 11.5. The van der Waals surface area contributed by atoms with E-state index in [9.17, 15) is 13.2 Å². The Morgan fingerprint density at radius 1 is 1.30 bits per heavy atom. The van der Waals surface area contributed by atoms with Gasteiger partial charge < -0.3 is 5.32 Å². The van der Waals surface area contributed by atoms with Crippen LogP contribution in [0.15, 0.2) is 54.1 Å². The highest BCUT2D eigenvalue weighted by Crippen LogP contribution is 2.26. The Morgan fingerprint density at radius 2 is 1.96 bits per heavy atom. The number of hydrogen-bond donors (Lipinski definition) is 1. The van der Waals surface area contributed by atoms with Crippen LogP contribution in [0.25, 0.3) is 5.69 Å². The van der Waals surface area contributed by atoms with Gasteiger partial charge in [0, 0.05) is 19.6 Å². The largest absolute Gasteiger partial charge is 0.352 e. The van der Waals surface area contributed by atoms with Crippen LogP contribution in [0.4, 0.5) is 0 Å². The normalized spacial score (nSPS) is 16.2. The Labute approximate surface area is 159 Å². The van der Waals surface area contributed by atoms with Gasteiger partial charge in [0.05, 0.1) is 17.6 Å². The molecule has 0 radical (unpaired) electrons. The minimum Gasteiger partial charge on any atom is -0.352 e. The average molecular weight is 388 g/mol. The SMILES string of the molecule is C=CC(=O)NCC1CCN(S(=O)(=O)c2cnn(-c3ccccc3)c2C)CC1. The van der Waals surface area contributed by atoms with Gasteiger partial charge in [0.2, 0.25) is 15.9 Å². The van der Waals surface area contributed by atoms with E-state index in [1.54, 1.807) is 11.6 Å². The molecule has 2 heterocycles. The van der Waals surface area contributed by atoms with Gasteiger partial charge in [-0.1, -0.05) is 24.8 Å². The molecule has 1 aromatic carbocycles. The quantitative estimate of drug-likeness (QED) is 0.766. The van der Waals surface area contributed by atoms with E-state index in [1.807, 2.05) is 30.3 Å². The number of para-hydroxylation sites is 1. The van der Waals surface area contributed by atoms with Crippen molar-refractivity contribution in [3.05, 3.63) is 54.9 Å². The minimum absolute atomic E-state index is 0.200. The Balaban J connectivity index is 1.70. The van der Waals surface area contributed by atoms with Gasteiger partial charge in [-0.3, -0.25) is 4.79 Å². The molecule has 0 unspecified atom stereocenters. The standard InChI is InChI=1S/C19H24N4O3S/c1-3-19(24)20-13-16-9-11-22(12-10-16)27(25,26)18-14-21-23(15(18)2)17-7-5-4-6-8-17/h3-8,14,16H,1,9-13H2,2H3,(H,20,24). The fraction of sp³-hybridized carbons (Fsp3) is 0.368. The highest BCUT2D eigenvalue weighted by Gasteiger charge is 2.32. The summed E-state index contributed by atoms with van der Waals surface area (Å²) in [5, 5.41) is 7.05. The van der Waals surface area contributed by atoms with E-state index in [0.29, 0.717) is 38.2 Å². The topological polar surface area (TPSA) is 84.3 Å². The first-order valence-corrected chi connectivity index (χ1v) is 10.4. The van der Waals surface area contributed by atoms with E-state index >= 15 is 0 Å². The lowest BCUT2D eigenvalue weighted by Crippen LogP contribution is -2.41. The molecule has 8 heteroatoms. The lowest BCUT2D eigenvalue weighted by Gasteiger charge is -2.31. The van der Waals surface area contributed by atoms with Gasteiger partial charge in [-0.15, -0.1) is 0 Å². The Bertz CT molecular complexity index is 914. The number of nitrogens with zero attached hydrogens (tertiary/aromatic N) is 3. The second kappa shape index (κ2) is 8.06. The molecular weight excluding hydrogens is 364 g/mol. The van der Waals surface area contributed by atoms with Crippen molar-refractivity contribution in [2.45, 2.75) is 24.7 Å². The van der Waals surface area contributed by atoms with Crippen LogP contribution in [-0.4, -0.2) is 48.0 Å². The molecule has 2 aromatic rings. The number of piperidine rings is 1. The summed E-state index contributed by atoms with van der Waals surface area (Å²) in [6, 6.07) is 9.46. The summed E-state index contributed by atoms with van der Waals surface area (Å²) >= 11 is 0. The van der Waals surface area contributed by atoms with Gasteiger partial charge in [-0.2, -0.15) is 9.40 Å². The van der Waals surface area contributed by atoms with E-state index in [0.717, 1.165) is 5.69 Å². The van der Waals surface area contributed by atoms with Crippen molar-refractivity contribution >= 4 is 15.9 Å². The van der Waals surface area contributed by atoms with Crippen LogP contribution in [0.5, 0.6) is 0 Å². The van der Waals surface area contributed by atoms with Crippen molar-refractivity contribution in [2.75, 3.05) is 19.6 Å². The molecule has 7 nitrogen and oxygen atoms in total. The van der Waals surface area contributed by atoms with Crippen molar-refractivity contribution in [2.24, 2.45) is 5.92 Å². The minimum atomic E-state index is -3.59. The fourth-order valence-corrected chi connectivity index (χ4v) is 4.90. The molecule has 1 aromatic heterocycles. The van der Waals surface area contributed by atoms with Crippen LogP contribution in [0, 0.1) is 12.8 Å². The van der Waals surface area contributed by atoms with E-state index in [4.69, 9.17) is 0 Å². The van der Waals surface area contributed by atoms with Crippen molar-refractivity contribution in [3.63, 3.8) is 0 Å². The first-order chi connectivity index (χ1) is 12.9. The zero-order valence-electron chi connectivity index (χ0n) is 15.3. The van der Waals surface area contributed by atoms with E-state index in [2.05, 4.69) is 17.0 Å². The third-order valence-corrected chi connectivity index (χ3v) is 6.91. The molecule has 1 saturated heterocycles. The molecule has 3 rings (SSSR count). The van der Waals surface area contributed by atoms with Crippen LogP contribution in [-0.2, 0) is 14.8 Å². The van der Waals surface area contributed by atoms with E-state index < -0.39 is 10.0 Å². The molecule has 0 atom stereocenters. The predicted octanol–water partition coefficient (Wildman–Crippen LogP) is 1.88. The molecule has 1 N–H and O–H groups in total. The molecule has 27 heavy (non-hydrogen) atoms. The zero-order valence-corrected chi connectivity index (χ0v) is 16.2. The van der Waals surface area contributed by atoms with Crippen molar-refractivity contribution < 1.29 is 13.2 Å². The van der Waals surface area contributed by atoms with Crippen LogP contribution in [0.2, 0.25) is 0 Å². The van der Waals surface area contributed by atoms with Gasteiger partial charge in [-0.05, 0) is 43.9 Å². The predicted molar refractivity (Wildman–Crippen MR) is 103 cm³/mol. The summed E-state index contributed by atoms with van der Waals surface area (Å²) < 4.78 is 29.3. The number of rotatable bonds is 6. The molecule has 1 amide bonds. The van der Waals surface area contributed by atoms with Crippen molar-refractivity contribution in [3.8, 4) is 5.69 Å². The Hall–Kier alpha value is -2.45. The molecule has 0 saturated carbocycles. The Morgan fingerprint density at radius 3 is 2.59 bits per heavy atom. The smallest absolute Gasteiger partial charge is 0.246 e. The number of sulfonamides is 1. The number of benzene rings is 1. The second-order valence-corrected chi connectivity index (χ2v) is 8.54. The molecule has 1 fully saturated rings. The number of hydrogen-bond acceptors (Lipinski definition) is 4. The van der Waals surface area contributed by atoms with Crippen LogP contribution in [0.1, 0.15) is 18.5 Å². The van der Waals surface area contributed by atoms with Crippen LogP contribution >= 0.6 is 0 Å². The van der Waals surface area contributed by atoms with Gasteiger partial charge >= 0.3 is 0 Å². The Kier molecular flexibility index (Phi) is 5.76. The molecule has 0 aliphatic carbocycles. The van der Waals surface area contributed by atoms with Crippen LogP contribution < -0.4 is 5.32 Å². The molecule has 1 aliphatic rings. The zero-order chi connectivity index (χ0) is 19.4. The lowest BCUT2D eigenvalue weighted by molar-refractivity contribution is -0.116. The lowest BCUT2D eigenvalue weighted by atomic mass is 9.98. The first kappa shape index (κ1) is 19.3.